The second-order valence-corrected chi connectivity index (χ2v) is 6.29. The molecule has 0 aliphatic carbocycles. The second-order valence-electron chi connectivity index (χ2n) is 6.29. The zero-order valence-electron chi connectivity index (χ0n) is 13.7. The van der Waals surface area contributed by atoms with Gasteiger partial charge in [-0.3, -0.25) is 14.4 Å². The summed E-state index contributed by atoms with van der Waals surface area (Å²) in [7, 11) is 0. The Morgan fingerprint density at radius 1 is 1.28 bits per heavy atom. The smallest absolute Gasteiger partial charge is 0.292 e. The quantitative estimate of drug-likeness (QED) is 0.846. The number of H-pyrrole nitrogens is 1. The van der Waals surface area contributed by atoms with E-state index in [-0.39, 0.29) is 37.6 Å². The van der Waals surface area contributed by atoms with Gasteiger partial charge in [-0.2, -0.15) is 5.16 Å². The summed E-state index contributed by atoms with van der Waals surface area (Å²) in [5.74, 6) is -1.28. The van der Waals surface area contributed by atoms with Crippen LogP contribution >= 0.6 is 0 Å². The van der Waals surface area contributed by atoms with Crippen LogP contribution in [0.2, 0.25) is 0 Å². The van der Waals surface area contributed by atoms with E-state index in [1.54, 1.807) is 6.92 Å². The van der Waals surface area contributed by atoms with Gasteiger partial charge >= 0.3 is 0 Å². The highest BCUT2D eigenvalue weighted by Gasteiger charge is 2.38. The Kier molecular flexibility index (Phi) is 4.19. The third-order valence-electron chi connectivity index (χ3n) is 3.94. The van der Waals surface area contributed by atoms with Crippen LogP contribution in [0.1, 0.15) is 33.5 Å². The molecule has 2 aromatic rings. The Morgan fingerprint density at radius 3 is 2.44 bits per heavy atom. The minimum Gasteiger partial charge on any atom is -0.373 e. The molecule has 3 rings (SSSR count). The number of aryl methyl sites for hydroxylation is 1. The molecule has 2 aromatic heterocycles. The minimum absolute atomic E-state index is 0.0931. The zero-order chi connectivity index (χ0) is 18.2. The van der Waals surface area contributed by atoms with Crippen molar-refractivity contribution in [1.29, 1.82) is 0 Å². The summed E-state index contributed by atoms with van der Waals surface area (Å²) in [6.07, 6.45) is 1.34. The van der Waals surface area contributed by atoms with Crippen LogP contribution in [0.4, 0.5) is 4.39 Å². The van der Waals surface area contributed by atoms with Crippen LogP contribution in [-0.2, 0) is 0 Å². The molecule has 1 saturated heterocycles. The molecule has 0 bridgehead atoms. The number of amides is 2. The van der Waals surface area contributed by atoms with E-state index < -0.39 is 23.0 Å². The van der Waals surface area contributed by atoms with E-state index in [1.165, 1.54) is 23.0 Å². The first-order valence-electron chi connectivity index (χ1n) is 7.64. The Balaban J connectivity index is 1.80. The number of aromatic nitrogens is 2. The highest BCUT2D eigenvalue weighted by Crippen LogP contribution is 2.21. The fourth-order valence-electron chi connectivity index (χ4n) is 2.78. The highest BCUT2D eigenvalue weighted by atomic mass is 19.1. The van der Waals surface area contributed by atoms with Crippen LogP contribution in [0.25, 0.3) is 0 Å². The Bertz CT molecular complexity index is 852. The van der Waals surface area contributed by atoms with Gasteiger partial charge in [0.05, 0.1) is 19.2 Å². The highest BCUT2D eigenvalue weighted by molar-refractivity contribution is 5.94. The maximum Gasteiger partial charge on any atom is 0.292 e. The first-order valence-corrected chi connectivity index (χ1v) is 7.64. The number of aromatic amines is 1. The van der Waals surface area contributed by atoms with Gasteiger partial charge < -0.3 is 18.8 Å². The van der Waals surface area contributed by atoms with Crippen molar-refractivity contribution in [2.24, 2.45) is 0 Å². The number of alkyl halides is 1. The number of carbonyl (C=O) groups excluding carboxylic acids is 2. The third-order valence-corrected chi connectivity index (χ3v) is 3.94. The average molecular weight is 352 g/mol. The molecule has 2 amide bonds. The van der Waals surface area contributed by atoms with Gasteiger partial charge in [-0.25, -0.2) is 4.39 Å². The number of hydrogen-bond donors (Lipinski definition) is 1. The number of hydrogen-bond acceptors (Lipinski definition) is 6. The van der Waals surface area contributed by atoms with Gasteiger partial charge in [0.2, 0.25) is 5.76 Å². The molecule has 1 unspecified atom stereocenters. The predicted octanol–water partition coefficient (Wildman–Crippen LogP) is 0.591. The Labute approximate surface area is 141 Å². The maximum atomic E-state index is 14.9. The molecular formula is C15H17FN4O5. The topological polar surface area (TPSA) is 113 Å². The molecule has 1 N–H and O–H groups in total. The van der Waals surface area contributed by atoms with Crippen molar-refractivity contribution in [3.8, 4) is 0 Å². The van der Waals surface area contributed by atoms with Crippen molar-refractivity contribution >= 4 is 11.8 Å². The van der Waals surface area contributed by atoms with E-state index in [0.29, 0.717) is 5.56 Å². The largest absolute Gasteiger partial charge is 0.373 e. The molecule has 1 aliphatic heterocycles. The molecule has 10 heteroatoms. The summed E-state index contributed by atoms with van der Waals surface area (Å²) in [6.45, 7) is 2.75. The summed E-state index contributed by atoms with van der Waals surface area (Å²) in [4.78, 5) is 38.6. The second kappa shape index (κ2) is 6.19. The molecule has 0 spiro atoms. The number of carbonyl (C=O) groups is 2. The Hall–Kier alpha value is -2.91. The first kappa shape index (κ1) is 16.9. The molecule has 1 aliphatic rings. The van der Waals surface area contributed by atoms with Crippen molar-refractivity contribution in [2.45, 2.75) is 19.5 Å². The van der Waals surface area contributed by atoms with E-state index >= 15 is 0 Å². The van der Waals surface area contributed by atoms with E-state index in [4.69, 9.17) is 9.05 Å². The lowest BCUT2D eigenvalue weighted by Crippen LogP contribution is -2.44. The van der Waals surface area contributed by atoms with Gasteiger partial charge in [0.15, 0.2) is 5.69 Å². The fourth-order valence-corrected chi connectivity index (χ4v) is 2.78. The Morgan fingerprint density at radius 2 is 1.92 bits per heavy atom. The lowest BCUT2D eigenvalue weighted by molar-refractivity contribution is 0.0573. The van der Waals surface area contributed by atoms with Crippen molar-refractivity contribution < 1.29 is 23.0 Å². The van der Waals surface area contributed by atoms with Gasteiger partial charge in [-0.15, -0.1) is 0 Å². The number of nitrogens with one attached hydrogen (secondary N) is 1. The van der Waals surface area contributed by atoms with E-state index in [1.807, 2.05) is 5.16 Å². The van der Waals surface area contributed by atoms with E-state index in [9.17, 15) is 18.8 Å². The summed E-state index contributed by atoms with van der Waals surface area (Å²) in [5.41, 5.74) is -1.72. The molecule has 25 heavy (non-hydrogen) atoms. The van der Waals surface area contributed by atoms with Crippen molar-refractivity contribution in [1.82, 2.24) is 20.1 Å². The molecule has 0 aromatic carbocycles. The first-order chi connectivity index (χ1) is 11.8. The molecule has 9 nitrogen and oxygen atoms in total. The van der Waals surface area contributed by atoms with Crippen LogP contribution in [-0.4, -0.2) is 63.8 Å². The average Bonchev–Trinajstić information content (AvgIpc) is 3.12. The van der Waals surface area contributed by atoms with Crippen LogP contribution in [0.5, 0.6) is 0 Å². The molecule has 1 atom stereocenters. The van der Waals surface area contributed by atoms with Crippen LogP contribution in [0.3, 0.4) is 0 Å². The van der Waals surface area contributed by atoms with Crippen molar-refractivity contribution in [2.75, 3.05) is 26.2 Å². The molecule has 0 radical (unpaired) electrons. The maximum absolute atomic E-state index is 14.9. The summed E-state index contributed by atoms with van der Waals surface area (Å²) < 4.78 is 24.4. The molecule has 134 valence electrons. The van der Waals surface area contributed by atoms with Gasteiger partial charge in [-0.05, 0) is 13.8 Å². The lowest BCUT2D eigenvalue weighted by Gasteiger charge is -2.26. The van der Waals surface area contributed by atoms with Gasteiger partial charge in [0.25, 0.3) is 17.4 Å². The summed E-state index contributed by atoms with van der Waals surface area (Å²) in [5, 5.41) is 5.67. The van der Waals surface area contributed by atoms with Crippen LogP contribution in [0.15, 0.2) is 26.2 Å². The number of rotatable bonds is 2. The molecular weight excluding hydrogens is 335 g/mol. The standard InChI is InChI=1S/C15H17FN4O5/c1-9-6-24-18-12(9)14(23)20-4-3-19(7-15(2,16)8-20)13(22)10-5-11(21)17-25-10/h5-6H,3-4,7-8H2,1-2H3,(H,17,21). The van der Waals surface area contributed by atoms with Gasteiger partial charge in [0.1, 0.15) is 11.9 Å². The number of nitrogens with zero attached hydrogens (tertiary/aromatic N) is 3. The summed E-state index contributed by atoms with van der Waals surface area (Å²) >= 11 is 0. The normalized spacial score (nSPS) is 21.2. The monoisotopic (exact) mass is 352 g/mol. The number of halogens is 1. The molecule has 3 heterocycles. The zero-order valence-corrected chi connectivity index (χ0v) is 13.7. The fraction of sp³-hybridized carbons (Fsp3) is 0.467. The van der Waals surface area contributed by atoms with Crippen molar-refractivity contribution in [3.63, 3.8) is 0 Å². The van der Waals surface area contributed by atoms with E-state index in [0.717, 1.165) is 6.07 Å². The SMILES string of the molecule is Cc1conc1C(=O)N1CCN(C(=O)c2cc(=O)[nH]o2)CC(C)(F)C1. The van der Waals surface area contributed by atoms with Crippen LogP contribution < -0.4 is 5.56 Å². The molecule has 0 saturated carbocycles. The predicted molar refractivity (Wildman–Crippen MR) is 81.9 cm³/mol. The lowest BCUT2D eigenvalue weighted by atomic mass is 10.1. The van der Waals surface area contributed by atoms with Crippen molar-refractivity contribution in [3.05, 3.63) is 39.7 Å². The summed E-state index contributed by atoms with van der Waals surface area (Å²) in [6, 6.07) is 1.00. The minimum atomic E-state index is -1.84. The van der Waals surface area contributed by atoms with Gasteiger partial charge in [-0.1, -0.05) is 5.16 Å². The van der Waals surface area contributed by atoms with Crippen LogP contribution in [0, 0.1) is 6.92 Å². The van der Waals surface area contributed by atoms with E-state index in [2.05, 4.69) is 5.16 Å². The molecule has 1 fully saturated rings. The third kappa shape index (κ3) is 3.47. The van der Waals surface area contributed by atoms with Gasteiger partial charge in [0, 0.05) is 18.7 Å².